The highest BCUT2D eigenvalue weighted by Crippen LogP contribution is 2.46. The monoisotopic (exact) mass is 456 g/mol. The van der Waals surface area contributed by atoms with E-state index in [0.717, 1.165) is 16.5 Å². The highest BCUT2D eigenvalue weighted by Gasteiger charge is 2.56. The topological polar surface area (TPSA) is 78.8 Å². The first kappa shape index (κ1) is 21.6. The standard InChI is InChI=1S/C27H24N2O5/c1-32-23-13-19-21(14-24(23)33-2)28-27(25(19)30,26(31)34-3)20-16-29(15-17-9-5-4-6-10-17)22-12-8-7-11-18(20)22/h4-14,16,28H,15H2,1-3H3. The Kier molecular flexibility index (Phi) is 5.24. The molecule has 1 unspecified atom stereocenters. The van der Waals surface area contributed by atoms with Crippen LogP contribution in [0, 0.1) is 0 Å². The number of rotatable bonds is 6. The quantitative estimate of drug-likeness (QED) is 0.343. The predicted octanol–water partition coefficient (Wildman–Crippen LogP) is 4.38. The molecule has 0 saturated carbocycles. The van der Waals surface area contributed by atoms with Crippen molar-refractivity contribution in [2.45, 2.75) is 12.1 Å². The number of hydrogen-bond acceptors (Lipinski definition) is 6. The second-order valence-corrected chi connectivity index (χ2v) is 8.12. The van der Waals surface area contributed by atoms with Crippen molar-refractivity contribution in [3.8, 4) is 11.5 Å². The van der Waals surface area contributed by atoms with Gasteiger partial charge in [-0.25, -0.2) is 4.79 Å². The van der Waals surface area contributed by atoms with Crippen LogP contribution < -0.4 is 14.8 Å². The van der Waals surface area contributed by atoms with Gasteiger partial charge in [-0.05, 0) is 17.7 Å². The van der Waals surface area contributed by atoms with Crippen LogP contribution in [0.15, 0.2) is 72.9 Å². The average Bonchev–Trinajstić information content (AvgIpc) is 3.38. The van der Waals surface area contributed by atoms with Crippen LogP contribution in [-0.2, 0) is 21.6 Å². The van der Waals surface area contributed by atoms with Crippen LogP contribution in [0.1, 0.15) is 21.5 Å². The molecule has 1 aromatic heterocycles. The zero-order valence-electron chi connectivity index (χ0n) is 19.1. The van der Waals surface area contributed by atoms with E-state index in [2.05, 4.69) is 5.32 Å². The summed E-state index contributed by atoms with van der Waals surface area (Å²) in [5.41, 5.74) is 1.62. The maximum atomic E-state index is 13.9. The molecule has 5 rings (SSSR count). The molecule has 2 heterocycles. The summed E-state index contributed by atoms with van der Waals surface area (Å²) in [5.74, 6) is -0.232. The van der Waals surface area contributed by atoms with Crippen molar-refractivity contribution < 1.29 is 23.8 Å². The largest absolute Gasteiger partial charge is 0.493 e. The number of para-hydroxylation sites is 1. The van der Waals surface area contributed by atoms with Crippen LogP contribution in [0.3, 0.4) is 0 Å². The molecule has 172 valence electrons. The number of fused-ring (bicyclic) bond motifs is 2. The van der Waals surface area contributed by atoms with Crippen molar-refractivity contribution in [3.05, 3.63) is 89.6 Å². The van der Waals surface area contributed by atoms with E-state index in [4.69, 9.17) is 14.2 Å². The second-order valence-electron chi connectivity index (χ2n) is 8.12. The number of nitrogens with zero attached hydrogens (tertiary/aromatic N) is 1. The Bertz CT molecular complexity index is 1410. The van der Waals surface area contributed by atoms with E-state index in [9.17, 15) is 9.59 Å². The molecule has 1 N–H and O–H groups in total. The summed E-state index contributed by atoms with van der Waals surface area (Å²) in [7, 11) is 4.31. The fourth-order valence-electron chi connectivity index (χ4n) is 4.68. The minimum absolute atomic E-state index is 0.336. The lowest BCUT2D eigenvalue weighted by atomic mass is 9.85. The van der Waals surface area contributed by atoms with E-state index in [0.29, 0.717) is 34.9 Å². The molecular formula is C27H24N2O5. The Morgan fingerprint density at radius 1 is 0.941 bits per heavy atom. The van der Waals surface area contributed by atoms with E-state index in [1.54, 1.807) is 12.1 Å². The number of carbonyl (C=O) groups excluding carboxylic acids is 2. The Hall–Kier alpha value is -4.26. The molecule has 0 fully saturated rings. The molecule has 0 saturated heterocycles. The van der Waals surface area contributed by atoms with Crippen LogP contribution in [0.5, 0.6) is 11.5 Å². The molecule has 0 spiro atoms. The van der Waals surface area contributed by atoms with Gasteiger partial charge in [0.1, 0.15) is 0 Å². The zero-order valence-corrected chi connectivity index (χ0v) is 19.1. The minimum Gasteiger partial charge on any atom is -0.493 e. The number of hydrogen-bond donors (Lipinski definition) is 1. The number of esters is 1. The van der Waals surface area contributed by atoms with Crippen molar-refractivity contribution in [1.82, 2.24) is 4.57 Å². The van der Waals surface area contributed by atoms with Crippen LogP contribution >= 0.6 is 0 Å². The van der Waals surface area contributed by atoms with Gasteiger partial charge >= 0.3 is 5.97 Å². The summed E-state index contributed by atoms with van der Waals surface area (Å²) in [6.45, 7) is 0.585. The summed E-state index contributed by atoms with van der Waals surface area (Å²) in [6, 6.07) is 21.0. The van der Waals surface area contributed by atoms with E-state index in [-0.39, 0.29) is 0 Å². The average molecular weight is 456 g/mol. The Morgan fingerprint density at radius 2 is 1.62 bits per heavy atom. The number of methoxy groups -OCH3 is 3. The van der Waals surface area contributed by atoms with Crippen molar-refractivity contribution in [3.63, 3.8) is 0 Å². The molecule has 3 aromatic carbocycles. The van der Waals surface area contributed by atoms with Crippen molar-refractivity contribution in [1.29, 1.82) is 0 Å². The molecule has 0 radical (unpaired) electrons. The van der Waals surface area contributed by atoms with E-state index < -0.39 is 17.3 Å². The first-order valence-electron chi connectivity index (χ1n) is 10.8. The summed E-state index contributed by atoms with van der Waals surface area (Å²) in [5, 5.41) is 3.98. The SMILES string of the molecule is COC(=O)C1(c2cn(Cc3ccccc3)c3ccccc23)Nc2cc(OC)c(OC)cc2C1=O. The lowest BCUT2D eigenvalue weighted by Gasteiger charge is -2.25. The molecule has 1 aliphatic heterocycles. The first-order chi connectivity index (χ1) is 16.5. The Morgan fingerprint density at radius 3 is 2.32 bits per heavy atom. The fourth-order valence-corrected chi connectivity index (χ4v) is 4.68. The van der Waals surface area contributed by atoms with Gasteiger partial charge in [-0.2, -0.15) is 0 Å². The maximum absolute atomic E-state index is 13.9. The molecule has 0 aliphatic carbocycles. The van der Waals surface area contributed by atoms with E-state index >= 15 is 0 Å². The van der Waals surface area contributed by atoms with Gasteiger partial charge in [0.05, 0.1) is 27.0 Å². The predicted molar refractivity (Wildman–Crippen MR) is 129 cm³/mol. The summed E-state index contributed by atoms with van der Waals surface area (Å²) in [6.07, 6.45) is 1.86. The lowest BCUT2D eigenvalue weighted by Crippen LogP contribution is -2.47. The number of ether oxygens (including phenoxy) is 3. The molecule has 1 aliphatic rings. The molecule has 0 bridgehead atoms. The second kappa shape index (κ2) is 8.26. The van der Waals surface area contributed by atoms with Gasteiger partial charge in [-0.15, -0.1) is 0 Å². The van der Waals surface area contributed by atoms with Gasteiger partial charge in [0.15, 0.2) is 11.5 Å². The van der Waals surface area contributed by atoms with Gasteiger partial charge in [-0.3, -0.25) is 4.79 Å². The number of anilines is 1. The van der Waals surface area contributed by atoms with E-state index in [1.165, 1.54) is 21.3 Å². The van der Waals surface area contributed by atoms with Gasteiger partial charge in [0.2, 0.25) is 11.3 Å². The highest BCUT2D eigenvalue weighted by molar-refractivity contribution is 6.26. The number of nitrogens with one attached hydrogen (secondary N) is 1. The third-order valence-electron chi connectivity index (χ3n) is 6.31. The Balaban J connectivity index is 1.72. The van der Waals surface area contributed by atoms with Gasteiger partial charge < -0.3 is 24.1 Å². The molecule has 1 atom stereocenters. The molecule has 0 amide bonds. The number of aromatic nitrogens is 1. The third-order valence-corrected chi connectivity index (χ3v) is 6.31. The van der Waals surface area contributed by atoms with E-state index in [1.807, 2.05) is 65.4 Å². The Labute approximate surface area is 196 Å². The third kappa shape index (κ3) is 3.12. The smallest absolute Gasteiger partial charge is 0.344 e. The van der Waals surface area contributed by atoms with Crippen LogP contribution in [0.2, 0.25) is 0 Å². The van der Waals surface area contributed by atoms with Crippen molar-refractivity contribution in [2.24, 2.45) is 0 Å². The summed E-state index contributed by atoms with van der Waals surface area (Å²) < 4.78 is 18.0. The molecule has 7 heteroatoms. The van der Waals surface area contributed by atoms with Crippen LogP contribution in [0.4, 0.5) is 5.69 Å². The van der Waals surface area contributed by atoms with Gasteiger partial charge in [0.25, 0.3) is 0 Å². The lowest BCUT2D eigenvalue weighted by molar-refractivity contribution is -0.144. The number of benzene rings is 3. The molecular weight excluding hydrogens is 432 g/mol. The summed E-state index contributed by atoms with van der Waals surface area (Å²) >= 11 is 0. The van der Waals surface area contributed by atoms with Crippen molar-refractivity contribution >= 4 is 28.3 Å². The molecule has 34 heavy (non-hydrogen) atoms. The molecule has 4 aromatic rings. The maximum Gasteiger partial charge on any atom is 0.344 e. The minimum atomic E-state index is -1.74. The number of Topliss-reactive ketones (excluding diaryl/α,β-unsaturated/α-hetero) is 1. The normalized spacial score (nSPS) is 16.7. The van der Waals surface area contributed by atoms with Gasteiger partial charge in [-0.1, -0.05) is 48.5 Å². The number of ketones is 1. The van der Waals surface area contributed by atoms with Crippen LogP contribution in [0.25, 0.3) is 10.9 Å². The number of carbonyl (C=O) groups is 2. The van der Waals surface area contributed by atoms with Crippen LogP contribution in [-0.4, -0.2) is 37.6 Å². The fraction of sp³-hybridized carbons (Fsp3) is 0.185. The molecule has 7 nitrogen and oxygen atoms in total. The summed E-state index contributed by atoms with van der Waals surface area (Å²) in [4.78, 5) is 27.3. The van der Waals surface area contributed by atoms with Crippen molar-refractivity contribution in [2.75, 3.05) is 26.6 Å². The first-order valence-corrected chi connectivity index (χ1v) is 10.8. The van der Waals surface area contributed by atoms with Gasteiger partial charge in [0, 0.05) is 40.8 Å². The highest BCUT2D eigenvalue weighted by atomic mass is 16.5. The zero-order chi connectivity index (χ0) is 23.9.